The van der Waals surface area contributed by atoms with E-state index in [0.717, 1.165) is 36.5 Å². The maximum absolute atomic E-state index is 12.5. The first-order valence-corrected chi connectivity index (χ1v) is 6.69. The van der Waals surface area contributed by atoms with E-state index in [0.29, 0.717) is 6.54 Å². The van der Waals surface area contributed by atoms with Crippen molar-refractivity contribution in [2.75, 3.05) is 13.6 Å². The van der Waals surface area contributed by atoms with Crippen LogP contribution in [0, 0.1) is 6.92 Å². The summed E-state index contributed by atoms with van der Waals surface area (Å²) in [6.07, 6.45) is -2.52. The Hall–Kier alpha value is -1.82. The molecule has 0 aliphatic rings. The third-order valence-corrected chi connectivity index (χ3v) is 3.36. The molecule has 0 aliphatic heterocycles. The Bertz CT molecular complexity index is 573. The molecule has 2 aromatic rings. The minimum atomic E-state index is -4.28. The van der Waals surface area contributed by atoms with E-state index < -0.39 is 11.7 Å². The number of alkyl halides is 3. The molecule has 0 fully saturated rings. The average Bonchev–Trinajstić information content (AvgIpc) is 2.81. The molecule has 114 valence electrons. The van der Waals surface area contributed by atoms with Crippen LogP contribution in [0.3, 0.4) is 0 Å². The van der Waals surface area contributed by atoms with E-state index >= 15 is 0 Å². The van der Waals surface area contributed by atoms with Gasteiger partial charge in [-0.05, 0) is 37.7 Å². The van der Waals surface area contributed by atoms with Gasteiger partial charge in [-0.15, -0.1) is 0 Å². The number of rotatable bonds is 5. The van der Waals surface area contributed by atoms with Crippen LogP contribution in [0.5, 0.6) is 0 Å². The summed E-state index contributed by atoms with van der Waals surface area (Å²) in [5.74, 6) is 0. The Morgan fingerprint density at radius 2 is 1.81 bits per heavy atom. The Kier molecular flexibility index (Phi) is 4.67. The summed E-state index contributed by atoms with van der Waals surface area (Å²) in [6, 6.07) is 7.24. The van der Waals surface area contributed by atoms with E-state index in [-0.39, 0.29) is 0 Å². The van der Waals surface area contributed by atoms with Crippen molar-refractivity contribution in [3.8, 4) is 0 Å². The van der Waals surface area contributed by atoms with Crippen molar-refractivity contribution in [3.63, 3.8) is 0 Å². The molecule has 1 aromatic carbocycles. The highest BCUT2D eigenvalue weighted by molar-refractivity contribution is 5.24. The second kappa shape index (κ2) is 6.30. The summed E-state index contributed by atoms with van der Waals surface area (Å²) in [5.41, 5.74) is 1.35. The number of nitrogens with zero attached hydrogens (tertiary/aromatic N) is 3. The van der Waals surface area contributed by atoms with E-state index in [4.69, 9.17) is 0 Å². The molecular weight excluding hydrogens is 279 g/mol. The fourth-order valence-electron chi connectivity index (χ4n) is 2.09. The zero-order chi connectivity index (χ0) is 15.5. The molecule has 0 radical (unpaired) electrons. The lowest BCUT2D eigenvalue weighted by Crippen LogP contribution is -2.23. The number of aromatic nitrogens is 2. The van der Waals surface area contributed by atoms with Gasteiger partial charge in [-0.1, -0.05) is 12.1 Å². The molecular formula is C15H18F3N3. The molecule has 2 rings (SSSR count). The highest BCUT2D eigenvalue weighted by Gasteiger charge is 2.29. The molecule has 0 N–H and O–H groups in total. The van der Waals surface area contributed by atoms with E-state index in [1.165, 1.54) is 12.1 Å². The average molecular weight is 297 g/mol. The monoisotopic (exact) mass is 297 g/mol. The smallest absolute Gasteiger partial charge is 0.300 e. The van der Waals surface area contributed by atoms with Gasteiger partial charge in [0.05, 0.1) is 12.1 Å². The Balaban J connectivity index is 1.88. The minimum absolute atomic E-state index is 0.610. The summed E-state index contributed by atoms with van der Waals surface area (Å²) < 4.78 is 39.3. The van der Waals surface area contributed by atoms with Crippen LogP contribution in [0.15, 0.2) is 36.5 Å². The van der Waals surface area contributed by atoms with Gasteiger partial charge in [0, 0.05) is 25.0 Å². The second-order valence-corrected chi connectivity index (χ2v) is 5.13. The van der Waals surface area contributed by atoms with Crippen LogP contribution in [0.25, 0.3) is 0 Å². The van der Waals surface area contributed by atoms with Crippen molar-refractivity contribution in [2.24, 2.45) is 0 Å². The van der Waals surface area contributed by atoms with Crippen molar-refractivity contribution >= 4 is 0 Å². The first kappa shape index (κ1) is 15.6. The Morgan fingerprint density at radius 1 is 1.14 bits per heavy atom. The van der Waals surface area contributed by atoms with Crippen LogP contribution < -0.4 is 0 Å². The predicted octanol–water partition coefficient (Wildman–Crippen LogP) is 3.34. The topological polar surface area (TPSA) is 21.1 Å². The lowest BCUT2D eigenvalue weighted by Gasteiger charge is -2.17. The van der Waals surface area contributed by atoms with E-state index in [2.05, 4.69) is 10.00 Å². The summed E-state index contributed by atoms with van der Waals surface area (Å²) in [7, 11) is 1.94. The molecule has 0 aliphatic carbocycles. The molecule has 6 heteroatoms. The summed E-state index contributed by atoms with van der Waals surface area (Å²) in [5, 5.41) is 4.20. The van der Waals surface area contributed by atoms with Crippen LogP contribution in [0.1, 0.15) is 16.8 Å². The normalized spacial score (nSPS) is 12.1. The van der Waals surface area contributed by atoms with Crippen molar-refractivity contribution in [3.05, 3.63) is 53.3 Å². The fraction of sp³-hybridized carbons (Fsp3) is 0.400. The van der Waals surface area contributed by atoms with Crippen molar-refractivity contribution in [2.45, 2.75) is 26.2 Å². The molecule has 1 heterocycles. The zero-order valence-electron chi connectivity index (χ0n) is 12.1. The molecule has 0 bridgehead atoms. The van der Waals surface area contributed by atoms with Gasteiger partial charge in [0.25, 0.3) is 0 Å². The van der Waals surface area contributed by atoms with Crippen molar-refractivity contribution < 1.29 is 13.2 Å². The predicted molar refractivity (Wildman–Crippen MR) is 74.7 cm³/mol. The number of aryl methyl sites for hydroxylation is 1. The molecule has 21 heavy (non-hydrogen) atoms. The minimum Gasteiger partial charge on any atom is -0.300 e. The zero-order valence-corrected chi connectivity index (χ0v) is 12.1. The van der Waals surface area contributed by atoms with Crippen molar-refractivity contribution in [1.29, 1.82) is 0 Å². The molecule has 0 spiro atoms. The van der Waals surface area contributed by atoms with Gasteiger partial charge < -0.3 is 4.90 Å². The van der Waals surface area contributed by atoms with Crippen LogP contribution in [0.4, 0.5) is 13.2 Å². The SMILES string of the molecule is Cc1ccnn1CCN(C)Cc1ccc(C(F)(F)F)cc1. The number of halogens is 3. The molecule has 0 unspecified atom stereocenters. The van der Waals surface area contributed by atoms with Gasteiger partial charge in [0.15, 0.2) is 0 Å². The van der Waals surface area contributed by atoms with Gasteiger partial charge in [-0.25, -0.2) is 0 Å². The maximum atomic E-state index is 12.5. The number of hydrogen-bond donors (Lipinski definition) is 0. The van der Waals surface area contributed by atoms with E-state index in [1.807, 2.05) is 24.7 Å². The first-order chi connectivity index (χ1) is 9.86. The standard InChI is InChI=1S/C15H18F3N3/c1-12-7-8-19-21(12)10-9-20(2)11-13-3-5-14(6-4-13)15(16,17)18/h3-8H,9-11H2,1-2H3. The summed E-state index contributed by atoms with van der Waals surface area (Å²) in [6.45, 7) is 4.14. The van der Waals surface area contributed by atoms with E-state index in [9.17, 15) is 13.2 Å². The highest BCUT2D eigenvalue weighted by atomic mass is 19.4. The molecule has 0 saturated carbocycles. The molecule has 0 saturated heterocycles. The quantitative estimate of drug-likeness (QED) is 0.844. The molecule has 0 amide bonds. The Labute approximate surface area is 122 Å². The molecule has 0 atom stereocenters. The molecule has 3 nitrogen and oxygen atoms in total. The lowest BCUT2D eigenvalue weighted by molar-refractivity contribution is -0.137. The van der Waals surface area contributed by atoms with Crippen LogP contribution in [0.2, 0.25) is 0 Å². The van der Waals surface area contributed by atoms with E-state index in [1.54, 1.807) is 6.20 Å². The number of benzene rings is 1. The summed E-state index contributed by atoms with van der Waals surface area (Å²) in [4.78, 5) is 2.06. The molecule has 1 aromatic heterocycles. The maximum Gasteiger partial charge on any atom is 0.416 e. The summed E-state index contributed by atoms with van der Waals surface area (Å²) >= 11 is 0. The van der Waals surface area contributed by atoms with Crippen LogP contribution >= 0.6 is 0 Å². The van der Waals surface area contributed by atoms with Gasteiger partial charge in [-0.3, -0.25) is 4.68 Å². The van der Waals surface area contributed by atoms with Gasteiger partial charge in [0.1, 0.15) is 0 Å². The van der Waals surface area contributed by atoms with Crippen LogP contribution in [-0.4, -0.2) is 28.3 Å². The largest absolute Gasteiger partial charge is 0.416 e. The Morgan fingerprint density at radius 3 is 2.33 bits per heavy atom. The van der Waals surface area contributed by atoms with Gasteiger partial charge in [0.2, 0.25) is 0 Å². The lowest BCUT2D eigenvalue weighted by atomic mass is 10.1. The fourth-order valence-corrected chi connectivity index (χ4v) is 2.09. The van der Waals surface area contributed by atoms with Crippen LogP contribution in [-0.2, 0) is 19.3 Å². The van der Waals surface area contributed by atoms with Gasteiger partial charge >= 0.3 is 6.18 Å². The first-order valence-electron chi connectivity index (χ1n) is 6.69. The number of hydrogen-bond acceptors (Lipinski definition) is 2. The van der Waals surface area contributed by atoms with Gasteiger partial charge in [-0.2, -0.15) is 18.3 Å². The second-order valence-electron chi connectivity index (χ2n) is 5.13. The van der Waals surface area contributed by atoms with Crippen molar-refractivity contribution in [1.82, 2.24) is 14.7 Å². The highest BCUT2D eigenvalue weighted by Crippen LogP contribution is 2.29. The third kappa shape index (κ3) is 4.32. The third-order valence-electron chi connectivity index (χ3n) is 3.36. The number of likely N-dealkylation sites (N-methyl/N-ethyl adjacent to an activating group) is 1.